The van der Waals surface area contributed by atoms with Gasteiger partial charge in [0.15, 0.2) is 10.8 Å². The summed E-state index contributed by atoms with van der Waals surface area (Å²) in [6.07, 6.45) is 5.27. The van der Waals surface area contributed by atoms with E-state index in [1.165, 1.54) is 11.3 Å². The third-order valence-electron chi connectivity index (χ3n) is 14.2. The number of pyridine rings is 1. The fourth-order valence-electron chi connectivity index (χ4n) is 10.4. The molecule has 0 aliphatic carbocycles. The second kappa shape index (κ2) is 21.2. The number of nitrogens with one attached hydrogen (secondary N) is 3. The van der Waals surface area contributed by atoms with Crippen LogP contribution in [0.4, 0.5) is 16.6 Å². The Morgan fingerprint density at radius 2 is 1.68 bits per heavy atom. The van der Waals surface area contributed by atoms with Crippen molar-refractivity contribution < 1.29 is 33.4 Å². The van der Waals surface area contributed by atoms with E-state index in [1.54, 1.807) is 4.68 Å². The summed E-state index contributed by atoms with van der Waals surface area (Å²) in [5, 5.41) is 14.5. The predicted molar refractivity (Wildman–Crippen MR) is 287 cm³/mol. The van der Waals surface area contributed by atoms with E-state index in [0.717, 1.165) is 87.9 Å². The third-order valence-corrected chi connectivity index (χ3v) is 15.2. The third kappa shape index (κ3) is 11.0. The van der Waals surface area contributed by atoms with E-state index in [2.05, 4.69) is 41.9 Å². The standard InChI is InChI=1S/C57H61N9O7S/c1-34-38(39-20-22-48(60-52(39)55(71)73-57(2,3)4)66-29-26-36-12-8-14-40(43(36)32-66)53(69)62-56-59-44-15-6-7-17-47(44)74-56)13-9-16-46(34)72-30-10-11-35-24-27-65(28-25-35)33-50(68)58-37-18-19-41-45(31-37)64(5)63-51(41)42-21-23-49(67)61-54(42)70/h6-9,12-20,22,31,35,42H,10-11,21,23-30,32-33H2,1-5H3,(H,58,68)(H,59,62,69)(H,61,67,70). The van der Waals surface area contributed by atoms with Crippen molar-refractivity contribution in [2.45, 2.75) is 90.7 Å². The summed E-state index contributed by atoms with van der Waals surface area (Å²) in [6, 6.07) is 29.0. The van der Waals surface area contributed by atoms with Gasteiger partial charge in [0.1, 0.15) is 17.2 Å². The van der Waals surface area contributed by atoms with Crippen LogP contribution < -0.4 is 25.6 Å². The number of carbonyl (C=O) groups excluding carboxylic acids is 5. The molecule has 1 atom stereocenters. The first-order valence-electron chi connectivity index (χ1n) is 25.5. The lowest BCUT2D eigenvalue weighted by molar-refractivity contribution is -0.134. The first kappa shape index (κ1) is 50.1. The van der Waals surface area contributed by atoms with E-state index < -0.39 is 17.5 Å². The number of likely N-dealkylation sites (tertiary alicyclic amines) is 1. The minimum absolute atomic E-state index is 0.0850. The highest BCUT2D eigenvalue weighted by Crippen LogP contribution is 2.37. The number of thiazole rings is 1. The Labute approximate surface area is 433 Å². The molecule has 382 valence electrons. The molecular weight excluding hydrogens is 955 g/mol. The van der Waals surface area contributed by atoms with Crippen molar-refractivity contribution in [3.8, 4) is 16.9 Å². The average Bonchev–Trinajstić information content (AvgIpc) is 3.94. The van der Waals surface area contributed by atoms with Gasteiger partial charge in [-0.1, -0.05) is 47.7 Å². The molecule has 4 aromatic carbocycles. The zero-order chi connectivity index (χ0) is 51.7. The molecule has 16 nitrogen and oxygen atoms in total. The van der Waals surface area contributed by atoms with Crippen molar-refractivity contribution in [2.75, 3.05) is 48.3 Å². The average molecular weight is 1020 g/mol. The van der Waals surface area contributed by atoms with Crippen molar-refractivity contribution >= 4 is 78.7 Å². The van der Waals surface area contributed by atoms with Crippen LogP contribution in [0.2, 0.25) is 0 Å². The van der Waals surface area contributed by atoms with Gasteiger partial charge in [0.25, 0.3) is 5.91 Å². The number of aromatic nitrogens is 4. The maximum Gasteiger partial charge on any atom is 0.358 e. The Hall–Kier alpha value is -7.50. The summed E-state index contributed by atoms with van der Waals surface area (Å²) in [5.41, 5.74) is 7.36. The predicted octanol–water partition coefficient (Wildman–Crippen LogP) is 9.35. The maximum absolute atomic E-state index is 14.0. The Morgan fingerprint density at radius 3 is 2.47 bits per heavy atom. The van der Waals surface area contributed by atoms with Gasteiger partial charge < -0.3 is 19.7 Å². The second-order valence-corrected chi connectivity index (χ2v) is 21.6. The summed E-state index contributed by atoms with van der Waals surface area (Å²) in [5.74, 6) is -0.0272. The van der Waals surface area contributed by atoms with Gasteiger partial charge in [-0.15, -0.1) is 0 Å². The summed E-state index contributed by atoms with van der Waals surface area (Å²) in [6.45, 7) is 11.1. The van der Waals surface area contributed by atoms with Crippen LogP contribution in [0.25, 0.3) is 32.2 Å². The van der Waals surface area contributed by atoms with Crippen LogP contribution in [0, 0.1) is 12.8 Å². The number of para-hydroxylation sites is 1. The van der Waals surface area contributed by atoms with Crippen molar-refractivity contribution in [3.63, 3.8) is 0 Å². The Bertz CT molecular complexity index is 3280. The molecule has 3 N–H and O–H groups in total. The number of carbonyl (C=O) groups is 5. The molecule has 3 aliphatic rings. The molecule has 3 aromatic heterocycles. The van der Waals surface area contributed by atoms with E-state index in [9.17, 15) is 24.0 Å². The quantitative estimate of drug-likeness (QED) is 0.0533. The normalized spacial score (nSPS) is 16.5. The van der Waals surface area contributed by atoms with Gasteiger partial charge in [-0.05, 0) is 162 Å². The fourth-order valence-corrected chi connectivity index (χ4v) is 11.3. The minimum Gasteiger partial charge on any atom is -0.493 e. The molecular formula is C57H61N9O7S. The lowest BCUT2D eigenvalue weighted by atomic mass is 9.92. The summed E-state index contributed by atoms with van der Waals surface area (Å²) < 4.78 is 15.1. The number of hydrogen-bond acceptors (Lipinski definition) is 13. The van der Waals surface area contributed by atoms with Crippen LogP contribution in [-0.2, 0) is 39.1 Å². The number of ether oxygens (including phenoxy) is 2. The molecule has 1 unspecified atom stereocenters. The van der Waals surface area contributed by atoms with E-state index in [0.29, 0.717) is 78.5 Å². The zero-order valence-corrected chi connectivity index (χ0v) is 43.3. The van der Waals surface area contributed by atoms with E-state index >= 15 is 0 Å². The Balaban J connectivity index is 0.741. The number of hydrogen-bond donors (Lipinski definition) is 3. The molecule has 6 heterocycles. The Kier molecular flexibility index (Phi) is 14.3. The summed E-state index contributed by atoms with van der Waals surface area (Å²) >= 11 is 1.44. The second-order valence-electron chi connectivity index (χ2n) is 20.6. The lowest BCUT2D eigenvalue weighted by Crippen LogP contribution is -2.39. The Morgan fingerprint density at radius 1 is 0.865 bits per heavy atom. The van der Waals surface area contributed by atoms with Crippen molar-refractivity contribution in [1.82, 2.24) is 30.0 Å². The first-order chi connectivity index (χ1) is 35.6. The number of benzene rings is 4. The van der Waals surface area contributed by atoms with Crippen LogP contribution in [0.15, 0.2) is 91.0 Å². The summed E-state index contributed by atoms with van der Waals surface area (Å²) in [7, 11) is 1.81. The molecule has 0 radical (unpaired) electrons. The number of rotatable bonds is 14. The molecule has 4 amide bonds. The number of anilines is 3. The number of fused-ring (bicyclic) bond motifs is 3. The molecule has 74 heavy (non-hydrogen) atoms. The molecule has 3 aliphatic heterocycles. The van der Waals surface area contributed by atoms with Crippen LogP contribution >= 0.6 is 11.3 Å². The highest BCUT2D eigenvalue weighted by Gasteiger charge is 2.32. The smallest absolute Gasteiger partial charge is 0.358 e. The van der Waals surface area contributed by atoms with Gasteiger partial charge in [0, 0.05) is 48.8 Å². The minimum atomic E-state index is -0.751. The largest absolute Gasteiger partial charge is 0.493 e. The molecule has 7 aromatic rings. The number of aryl methyl sites for hydroxylation is 1. The highest BCUT2D eigenvalue weighted by atomic mass is 32.1. The van der Waals surface area contributed by atoms with Crippen LogP contribution in [0.1, 0.15) is 108 Å². The number of esters is 1. The highest BCUT2D eigenvalue weighted by molar-refractivity contribution is 7.22. The van der Waals surface area contributed by atoms with E-state index in [-0.39, 0.29) is 35.7 Å². The topological polar surface area (TPSA) is 190 Å². The molecule has 0 spiro atoms. The SMILES string of the molecule is Cc1c(OCCCC2CCN(CC(=O)Nc3ccc4c(C5CCC(=O)NC5=O)nn(C)c4c3)CC2)cccc1-c1ccc(N2CCc3cccc(C(=O)Nc4nc5ccccc5s4)c3C2)nc1C(=O)OC(C)(C)C. The summed E-state index contributed by atoms with van der Waals surface area (Å²) in [4.78, 5) is 79.2. The molecule has 17 heteroatoms. The number of amides is 4. The van der Waals surface area contributed by atoms with Gasteiger partial charge in [-0.3, -0.25) is 39.4 Å². The molecule has 0 bridgehead atoms. The van der Waals surface area contributed by atoms with Crippen LogP contribution in [0.3, 0.4) is 0 Å². The molecule has 2 saturated heterocycles. The fraction of sp³-hybridized carbons (Fsp3) is 0.368. The maximum atomic E-state index is 14.0. The number of nitrogens with zero attached hydrogens (tertiary/aromatic N) is 6. The number of imide groups is 1. The van der Waals surface area contributed by atoms with Crippen LogP contribution in [0.5, 0.6) is 5.75 Å². The molecule has 10 rings (SSSR count). The zero-order valence-electron chi connectivity index (χ0n) is 42.5. The monoisotopic (exact) mass is 1020 g/mol. The van der Waals surface area contributed by atoms with Gasteiger partial charge in [-0.25, -0.2) is 14.8 Å². The van der Waals surface area contributed by atoms with Crippen molar-refractivity contribution in [3.05, 3.63) is 125 Å². The van der Waals surface area contributed by atoms with E-state index in [4.69, 9.17) is 14.5 Å². The molecule has 2 fully saturated rings. The van der Waals surface area contributed by atoms with Crippen molar-refractivity contribution in [1.29, 1.82) is 0 Å². The lowest BCUT2D eigenvalue weighted by Gasteiger charge is -2.31. The van der Waals surface area contributed by atoms with Gasteiger partial charge >= 0.3 is 5.97 Å². The number of piperidine rings is 2. The van der Waals surface area contributed by atoms with E-state index in [1.807, 2.05) is 120 Å². The molecule has 0 saturated carbocycles. The van der Waals surface area contributed by atoms with Crippen LogP contribution in [-0.4, -0.2) is 92.6 Å². The first-order valence-corrected chi connectivity index (χ1v) is 26.3. The van der Waals surface area contributed by atoms with Crippen molar-refractivity contribution in [2.24, 2.45) is 13.0 Å². The van der Waals surface area contributed by atoms with Gasteiger partial charge in [-0.2, -0.15) is 5.10 Å². The van der Waals surface area contributed by atoms with Gasteiger partial charge in [0.2, 0.25) is 17.7 Å². The van der Waals surface area contributed by atoms with Gasteiger partial charge in [0.05, 0.1) is 40.5 Å².